The quantitative estimate of drug-likeness (QED) is 0.841. The molecule has 1 N–H and O–H groups in total. The van der Waals surface area contributed by atoms with E-state index in [9.17, 15) is 14.4 Å². The summed E-state index contributed by atoms with van der Waals surface area (Å²) in [4.78, 5) is 34.9. The highest BCUT2D eigenvalue weighted by atomic mass is 16.5. The number of benzene rings is 1. The highest BCUT2D eigenvalue weighted by Crippen LogP contribution is 2.19. The second kappa shape index (κ2) is 5.69. The molecule has 1 aliphatic rings. The zero-order chi connectivity index (χ0) is 14.7. The Balaban J connectivity index is 2.09. The van der Waals surface area contributed by atoms with Crippen LogP contribution in [0.15, 0.2) is 36.0 Å². The second-order valence-electron chi connectivity index (χ2n) is 4.60. The van der Waals surface area contributed by atoms with Gasteiger partial charge >= 0.3 is 5.97 Å². The SMILES string of the molecule is CC(=O)OC(C)CNC1=CC(=O)c2ccccc2C1=O. The Morgan fingerprint density at radius 3 is 2.55 bits per heavy atom. The summed E-state index contributed by atoms with van der Waals surface area (Å²) < 4.78 is 4.95. The third kappa shape index (κ3) is 2.93. The van der Waals surface area contributed by atoms with Gasteiger partial charge in [-0.1, -0.05) is 24.3 Å². The van der Waals surface area contributed by atoms with E-state index in [-0.39, 0.29) is 35.9 Å². The minimum Gasteiger partial charge on any atom is -0.461 e. The van der Waals surface area contributed by atoms with E-state index < -0.39 is 0 Å². The number of carbonyl (C=O) groups is 3. The summed E-state index contributed by atoms with van der Waals surface area (Å²) >= 11 is 0. The number of allylic oxidation sites excluding steroid dienone is 2. The fraction of sp³-hybridized carbons (Fsp3) is 0.267. The molecule has 0 spiro atoms. The van der Waals surface area contributed by atoms with Crippen molar-refractivity contribution in [2.75, 3.05) is 6.54 Å². The van der Waals surface area contributed by atoms with E-state index in [1.165, 1.54) is 13.0 Å². The van der Waals surface area contributed by atoms with Gasteiger partial charge in [0.15, 0.2) is 5.78 Å². The fourth-order valence-corrected chi connectivity index (χ4v) is 2.03. The molecule has 1 atom stereocenters. The van der Waals surface area contributed by atoms with Gasteiger partial charge in [0.05, 0.1) is 12.2 Å². The van der Waals surface area contributed by atoms with Gasteiger partial charge in [-0.25, -0.2) is 0 Å². The molecule has 5 nitrogen and oxygen atoms in total. The van der Waals surface area contributed by atoms with Gasteiger partial charge in [0, 0.05) is 24.1 Å². The van der Waals surface area contributed by atoms with E-state index in [0.29, 0.717) is 11.1 Å². The van der Waals surface area contributed by atoms with E-state index in [0.717, 1.165) is 0 Å². The van der Waals surface area contributed by atoms with Crippen LogP contribution >= 0.6 is 0 Å². The third-order valence-electron chi connectivity index (χ3n) is 2.90. The first-order valence-electron chi connectivity index (χ1n) is 6.30. The second-order valence-corrected chi connectivity index (χ2v) is 4.60. The zero-order valence-corrected chi connectivity index (χ0v) is 11.3. The molecule has 0 saturated carbocycles. The highest BCUT2D eigenvalue weighted by molar-refractivity contribution is 6.24. The predicted molar refractivity (Wildman–Crippen MR) is 72.4 cm³/mol. The molecular formula is C15H15NO4. The first kappa shape index (κ1) is 14.0. The number of Topliss-reactive ketones (excluding diaryl/α,β-unsaturated/α-hetero) is 1. The minimum absolute atomic E-state index is 0.206. The summed E-state index contributed by atoms with van der Waals surface area (Å²) in [6, 6.07) is 6.69. The number of rotatable bonds is 4. The normalized spacial score (nSPS) is 15.2. The number of ketones is 2. The fourth-order valence-electron chi connectivity index (χ4n) is 2.03. The lowest BCUT2D eigenvalue weighted by atomic mass is 9.93. The van der Waals surface area contributed by atoms with Gasteiger partial charge in [-0.2, -0.15) is 0 Å². The zero-order valence-electron chi connectivity index (χ0n) is 11.3. The van der Waals surface area contributed by atoms with E-state index in [4.69, 9.17) is 4.74 Å². The Hall–Kier alpha value is -2.43. The topological polar surface area (TPSA) is 72.5 Å². The number of ether oxygens (including phenoxy) is 1. The lowest BCUT2D eigenvalue weighted by Gasteiger charge is -2.18. The van der Waals surface area contributed by atoms with E-state index >= 15 is 0 Å². The average molecular weight is 273 g/mol. The van der Waals surface area contributed by atoms with Crippen LogP contribution in [-0.2, 0) is 9.53 Å². The monoisotopic (exact) mass is 273 g/mol. The molecule has 0 bridgehead atoms. The average Bonchev–Trinajstić information content (AvgIpc) is 2.40. The van der Waals surface area contributed by atoms with Crippen LogP contribution in [0.2, 0.25) is 0 Å². The molecule has 1 aliphatic carbocycles. The Labute approximate surface area is 116 Å². The Morgan fingerprint density at radius 2 is 1.90 bits per heavy atom. The summed E-state index contributed by atoms with van der Waals surface area (Å²) in [6.07, 6.45) is 0.902. The molecule has 0 fully saturated rings. The number of fused-ring (bicyclic) bond motifs is 1. The molecule has 5 heteroatoms. The number of carbonyl (C=O) groups excluding carboxylic acids is 3. The molecule has 0 saturated heterocycles. The van der Waals surface area contributed by atoms with Gasteiger partial charge in [0.1, 0.15) is 6.10 Å². The summed E-state index contributed by atoms with van der Waals surface area (Å²) in [5, 5.41) is 2.86. The van der Waals surface area contributed by atoms with Crippen molar-refractivity contribution in [3.8, 4) is 0 Å². The lowest BCUT2D eigenvalue weighted by molar-refractivity contribution is -0.145. The molecule has 1 unspecified atom stereocenters. The molecule has 20 heavy (non-hydrogen) atoms. The largest absolute Gasteiger partial charge is 0.461 e. The first-order chi connectivity index (χ1) is 9.49. The summed E-state index contributed by atoms with van der Waals surface area (Å²) in [5.41, 5.74) is 1.03. The van der Waals surface area contributed by atoms with Crippen LogP contribution < -0.4 is 5.32 Å². The predicted octanol–water partition coefficient (Wildman–Crippen LogP) is 1.49. The minimum atomic E-state index is -0.385. The summed E-state index contributed by atoms with van der Waals surface area (Å²) in [7, 11) is 0. The van der Waals surface area contributed by atoms with Crippen molar-refractivity contribution in [3.05, 3.63) is 47.2 Å². The lowest BCUT2D eigenvalue weighted by Crippen LogP contribution is -2.33. The standard InChI is InChI=1S/C15H15NO4/c1-9(20-10(2)17)8-16-13-7-14(18)11-5-3-4-6-12(11)15(13)19/h3-7,9,16H,8H2,1-2H3. The maximum atomic E-state index is 12.2. The van der Waals surface area contributed by atoms with Crippen molar-refractivity contribution in [1.82, 2.24) is 5.32 Å². The van der Waals surface area contributed by atoms with E-state index in [2.05, 4.69) is 5.32 Å². The van der Waals surface area contributed by atoms with Crippen LogP contribution in [-0.4, -0.2) is 30.2 Å². The van der Waals surface area contributed by atoms with Gasteiger partial charge in [0.2, 0.25) is 5.78 Å². The van der Waals surface area contributed by atoms with E-state index in [1.807, 2.05) is 0 Å². The highest BCUT2D eigenvalue weighted by Gasteiger charge is 2.25. The van der Waals surface area contributed by atoms with Crippen LogP contribution in [0.5, 0.6) is 0 Å². The molecule has 1 aromatic rings. The van der Waals surface area contributed by atoms with Crippen molar-refractivity contribution >= 4 is 17.5 Å². The summed E-state index contributed by atoms with van der Waals surface area (Å²) in [5.74, 6) is -0.817. The number of hydrogen-bond donors (Lipinski definition) is 1. The Bertz CT molecular complexity index is 604. The van der Waals surface area contributed by atoms with Crippen molar-refractivity contribution in [3.63, 3.8) is 0 Å². The van der Waals surface area contributed by atoms with Gasteiger partial charge in [0.25, 0.3) is 0 Å². The molecule has 1 aromatic carbocycles. The van der Waals surface area contributed by atoms with Gasteiger partial charge < -0.3 is 10.1 Å². The molecule has 104 valence electrons. The van der Waals surface area contributed by atoms with E-state index in [1.54, 1.807) is 31.2 Å². The summed E-state index contributed by atoms with van der Waals surface area (Å²) in [6.45, 7) is 3.30. The van der Waals surface area contributed by atoms with Crippen LogP contribution in [0.3, 0.4) is 0 Å². The molecular weight excluding hydrogens is 258 g/mol. The van der Waals surface area contributed by atoms with Crippen LogP contribution in [0, 0.1) is 0 Å². The molecule has 0 radical (unpaired) electrons. The number of nitrogens with one attached hydrogen (secondary N) is 1. The maximum Gasteiger partial charge on any atom is 0.302 e. The smallest absolute Gasteiger partial charge is 0.302 e. The first-order valence-corrected chi connectivity index (χ1v) is 6.30. The van der Waals surface area contributed by atoms with Crippen LogP contribution in [0.1, 0.15) is 34.6 Å². The van der Waals surface area contributed by atoms with Crippen LogP contribution in [0.4, 0.5) is 0 Å². The number of esters is 1. The molecule has 2 rings (SSSR count). The van der Waals surface area contributed by atoms with Crippen molar-refractivity contribution in [2.24, 2.45) is 0 Å². The Kier molecular flexibility index (Phi) is 3.98. The van der Waals surface area contributed by atoms with Gasteiger partial charge in [-0.05, 0) is 6.92 Å². The van der Waals surface area contributed by atoms with Gasteiger partial charge in [-0.15, -0.1) is 0 Å². The molecule has 0 aliphatic heterocycles. The van der Waals surface area contributed by atoms with Crippen molar-refractivity contribution < 1.29 is 19.1 Å². The maximum absolute atomic E-state index is 12.2. The Morgan fingerprint density at radius 1 is 1.25 bits per heavy atom. The van der Waals surface area contributed by atoms with Gasteiger partial charge in [-0.3, -0.25) is 14.4 Å². The third-order valence-corrected chi connectivity index (χ3v) is 2.90. The van der Waals surface area contributed by atoms with Crippen molar-refractivity contribution in [2.45, 2.75) is 20.0 Å². The molecule has 0 aromatic heterocycles. The number of hydrogen-bond acceptors (Lipinski definition) is 5. The van der Waals surface area contributed by atoms with Crippen molar-refractivity contribution in [1.29, 1.82) is 0 Å². The molecule has 0 heterocycles. The molecule has 0 amide bonds. The van der Waals surface area contributed by atoms with Crippen LogP contribution in [0.25, 0.3) is 0 Å².